The molecule has 1 aromatic rings. The van der Waals surface area contributed by atoms with Gasteiger partial charge in [0.1, 0.15) is 11.9 Å². The number of rotatable bonds is 4. The van der Waals surface area contributed by atoms with Crippen LogP contribution in [0.5, 0.6) is 5.75 Å². The standard InChI is InChI=1S/C11H14F3NO3/c1-18-8-3-6(10(17)9(16)5-15)2-7(4-8)11(12,13)14/h2-4,9-10,16-17H,5,15H2,1H3. The molecule has 0 aliphatic rings. The lowest BCUT2D eigenvalue weighted by molar-refractivity contribution is -0.137. The molecule has 0 fully saturated rings. The van der Waals surface area contributed by atoms with Gasteiger partial charge in [-0.15, -0.1) is 0 Å². The molecule has 0 spiro atoms. The fraction of sp³-hybridized carbons (Fsp3) is 0.455. The molecule has 0 saturated heterocycles. The molecule has 7 heteroatoms. The Labute approximate surface area is 102 Å². The van der Waals surface area contributed by atoms with Crippen molar-refractivity contribution in [3.8, 4) is 5.75 Å². The largest absolute Gasteiger partial charge is 0.497 e. The fourth-order valence-corrected chi connectivity index (χ4v) is 1.43. The fourth-order valence-electron chi connectivity index (χ4n) is 1.43. The summed E-state index contributed by atoms with van der Waals surface area (Å²) < 4.78 is 42.5. The van der Waals surface area contributed by atoms with Crippen LogP contribution in [0.25, 0.3) is 0 Å². The van der Waals surface area contributed by atoms with Crippen LogP contribution in [0.4, 0.5) is 13.2 Å². The summed E-state index contributed by atoms with van der Waals surface area (Å²) in [6.07, 6.45) is -7.39. The van der Waals surface area contributed by atoms with Gasteiger partial charge in [0.05, 0.1) is 18.8 Å². The Bertz CT molecular complexity index is 409. The van der Waals surface area contributed by atoms with Crippen molar-refractivity contribution in [3.05, 3.63) is 29.3 Å². The van der Waals surface area contributed by atoms with Crippen molar-refractivity contribution in [3.63, 3.8) is 0 Å². The maximum atomic E-state index is 12.6. The highest BCUT2D eigenvalue weighted by Crippen LogP contribution is 2.34. The number of benzene rings is 1. The van der Waals surface area contributed by atoms with Gasteiger partial charge < -0.3 is 20.7 Å². The van der Waals surface area contributed by atoms with Gasteiger partial charge in [-0.05, 0) is 23.8 Å². The minimum atomic E-state index is -4.56. The molecule has 102 valence electrons. The Hall–Kier alpha value is -1.31. The van der Waals surface area contributed by atoms with Crippen molar-refractivity contribution in [2.75, 3.05) is 13.7 Å². The molecule has 4 nitrogen and oxygen atoms in total. The average molecular weight is 265 g/mol. The molecule has 2 atom stereocenters. The maximum absolute atomic E-state index is 12.6. The van der Waals surface area contributed by atoms with E-state index < -0.39 is 23.9 Å². The van der Waals surface area contributed by atoms with E-state index in [0.29, 0.717) is 0 Å². The predicted molar refractivity (Wildman–Crippen MR) is 58.0 cm³/mol. The Balaban J connectivity index is 3.20. The first-order chi connectivity index (χ1) is 8.29. The number of hydrogen-bond donors (Lipinski definition) is 3. The third-order valence-electron chi connectivity index (χ3n) is 2.44. The summed E-state index contributed by atoms with van der Waals surface area (Å²) in [5, 5.41) is 19.0. The zero-order chi connectivity index (χ0) is 13.9. The molecule has 0 amide bonds. The van der Waals surface area contributed by atoms with Gasteiger partial charge in [0.15, 0.2) is 0 Å². The summed E-state index contributed by atoms with van der Waals surface area (Å²) in [5.41, 5.74) is 4.09. The second-order valence-electron chi connectivity index (χ2n) is 3.74. The molecule has 4 N–H and O–H groups in total. The molecule has 0 aliphatic carbocycles. The van der Waals surface area contributed by atoms with E-state index in [1.165, 1.54) is 13.2 Å². The minimum absolute atomic E-state index is 0.0527. The van der Waals surface area contributed by atoms with Gasteiger partial charge in [-0.25, -0.2) is 0 Å². The van der Waals surface area contributed by atoms with E-state index in [1.54, 1.807) is 0 Å². The smallest absolute Gasteiger partial charge is 0.416 e. The number of halogens is 3. The molecule has 1 rings (SSSR count). The van der Waals surface area contributed by atoms with Gasteiger partial charge in [0, 0.05) is 6.54 Å². The lowest BCUT2D eigenvalue weighted by Gasteiger charge is -2.19. The quantitative estimate of drug-likeness (QED) is 0.761. The Morgan fingerprint density at radius 1 is 1.28 bits per heavy atom. The number of ether oxygens (including phenoxy) is 1. The summed E-state index contributed by atoms with van der Waals surface area (Å²) in [7, 11) is 1.21. The van der Waals surface area contributed by atoms with Crippen LogP contribution in [-0.2, 0) is 6.18 Å². The molecule has 2 unspecified atom stereocenters. The highest BCUT2D eigenvalue weighted by molar-refractivity contribution is 5.37. The number of hydrogen-bond acceptors (Lipinski definition) is 4. The number of methoxy groups -OCH3 is 1. The van der Waals surface area contributed by atoms with Crippen LogP contribution in [0.15, 0.2) is 18.2 Å². The monoisotopic (exact) mass is 265 g/mol. The Morgan fingerprint density at radius 2 is 1.89 bits per heavy atom. The third kappa shape index (κ3) is 3.34. The van der Waals surface area contributed by atoms with Crippen molar-refractivity contribution in [1.82, 2.24) is 0 Å². The molecule has 0 aromatic heterocycles. The summed E-state index contributed by atoms with van der Waals surface area (Å²) in [6, 6.07) is 2.79. The van der Waals surface area contributed by atoms with E-state index in [-0.39, 0.29) is 17.9 Å². The lowest BCUT2D eigenvalue weighted by Crippen LogP contribution is -2.27. The molecule has 1 aromatic carbocycles. The first kappa shape index (κ1) is 14.7. The van der Waals surface area contributed by atoms with Gasteiger partial charge >= 0.3 is 6.18 Å². The summed E-state index contributed by atoms with van der Waals surface area (Å²) in [5.74, 6) is -0.0527. The minimum Gasteiger partial charge on any atom is -0.497 e. The van der Waals surface area contributed by atoms with Gasteiger partial charge in [0.25, 0.3) is 0 Å². The van der Waals surface area contributed by atoms with E-state index >= 15 is 0 Å². The normalized spacial score (nSPS) is 15.3. The highest BCUT2D eigenvalue weighted by Gasteiger charge is 2.32. The number of aliphatic hydroxyl groups excluding tert-OH is 2. The second kappa shape index (κ2) is 5.55. The molecule has 0 saturated carbocycles. The first-order valence-corrected chi connectivity index (χ1v) is 5.12. The summed E-state index contributed by atoms with van der Waals surface area (Å²) >= 11 is 0. The van der Waals surface area contributed by atoms with Gasteiger partial charge in [0.2, 0.25) is 0 Å². The number of alkyl halides is 3. The van der Waals surface area contributed by atoms with Crippen molar-refractivity contribution in [2.24, 2.45) is 5.73 Å². The maximum Gasteiger partial charge on any atom is 0.416 e. The van der Waals surface area contributed by atoms with Crippen LogP contribution in [-0.4, -0.2) is 30.0 Å². The number of aliphatic hydroxyl groups is 2. The molecular weight excluding hydrogens is 251 g/mol. The molecule has 0 aliphatic heterocycles. The Morgan fingerprint density at radius 3 is 2.33 bits per heavy atom. The summed E-state index contributed by atoms with van der Waals surface area (Å²) in [6.45, 7) is -0.264. The zero-order valence-electron chi connectivity index (χ0n) is 9.61. The summed E-state index contributed by atoms with van der Waals surface area (Å²) in [4.78, 5) is 0. The molecule has 0 radical (unpaired) electrons. The SMILES string of the molecule is COc1cc(C(O)C(O)CN)cc(C(F)(F)F)c1. The van der Waals surface area contributed by atoms with E-state index in [4.69, 9.17) is 10.5 Å². The second-order valence-corrected chi connectivity index (χ2v) is 3.74. The van der Waals surface area contributed by atoms with Crippen molar-refractivity contribution < 1.29 is 28.1 Å². The van der Waals surface area contributed by atoms with Crippen molar-refractivity contribution in [1.29, 1.82) is 0 Å². The van der Waals surface area contributed by atoms with E-state index in [0.717, 1.165) is 12.1 Å². The van der Waals surface area contributed by atoms with Gasteiger partial charge in [-0.2, -0.15) is 13.2 Å². The van der Waals surface area contributed by atoms with E-state index in [9.17, 15) is 23.4 Å². The van der Waals surface area contributed by atoms with E-state index in [2.05, 4.69) is 0 Å². The highest BCUT2D eigenvalue weighted by atomic mass is 19.4. The molecular formula is C11H14F3NO3. The molecule has 18 heavy (non-hydrogen) atoms. The van der Waals surface area contributed by atoms with Crippen LogP contribution in [0.2, 0.25) is 0 Å². The zero-order valence-corrected chi connectivity index (χ0v) is 9.61. The van der Waals surface area contributed by atoms with Crippen LogP contribution in [0.1, 0.15) is 17.2 Å². The van der Waals surface area contributed by atoms with E-state index in [1.807, 2.05) is 0 Å². The Kier molecular flexibility index (Phi) is 4.55. The topological polar surface area (TPSA) is 75.7 Å². The average Bonchev–Trinajstić information content (AvgIpc) is 2.35. The van der Waals surface area contributed by atoms with Gasteiger partial charge in [-0.1, -0.05) is 0 Å². The third-order valence-corrected chi connectivity index (χ3v) is 2.44. The first-order valence-electron chi connectivity index (χ1n) is 5.12. The molecule has 0 heterocycles. The van der Waals surface area contributed by atoms with Crippen LogP contribution >= 0.6 is 0 Å². The van der Waals surface area contributed by atoms with Crippen LogP contribution in [0.3, 0.4) is 0 Å². The van der Waals surface area contributed by atoms with Crippen molar-refractivity contribution in [2.45, 2.75) is 18.4 Å². The van der Waals surface area contributed by atoms with Gasteiger partial charge in [-0.3, -0.25) is 0 Å². The van der Waals surface area contributed by atoms with Crippen molar-refractivity contribution >= 4 is 0 Å². The molecule has 0 bridgehead atoms. The van der Waals surface area contributed by atoms with Crippen LogP contribution in [0, 0.1) is 0 Å². The number of nitrogens with two attached hydrogens (primary N) is 1. The van der Waals surface area contributed by atoms with Crippen LogP contribution < -0.4 is 10.5 Å². The predicted octanol–water partition coefficient (Wildman–Crippen LogP) is 1.07. The lowest BCUT2D eigenvalue weighted by atomic mass is 10.0.